The molecule has 0 N–H and O–H groups in total. The Hall–Kier alpha value is -1.20. The van der Waals surface area contributed by atoms with Gasteiger partial charge in [-0.1, -0.05) is 18.5 Å². The number of carbonyl (C=O) groups excluding carboxylic acids is 1. The van der Waals surface area contributed by atoms with Crippen molar-refractivity contribution in [2.45, 2.75) is 32.7 Å². The fourth-order valence-corrected chi connectivity index (χ4v) is 2.98. The van der Waals surface area contributed by atoms with Crippen LogP contribution in [-0.4, -0.2) is 53.9 Å². The topological polar surface area (TPSA) is 49.3 Å². The molecule has 1 saturated heterocycles. The van der Waals surface area contributed by atoms with Gasteiger partial charge in [0, 0.05) is 19.1 Å². The van der Waals surface area contributed by atoms with Crippen molar-refractivity contribution in [3.05, 3.63) is 16.5 Å². The Morgan fingerprint density at radius 3 is 2.80 bits per heavy atom. The van der Waals surface area contributed by atoms with Crippen LogP contribution in [0, 0.1) is 6.92 Å². The summed E-state index contributed by atoms with van der Waals surface area (Å²) in [6.07, 6.45) is 2.81. The van der Waals surface area contributed by atoms with E-state index < -0.39 is 0 Å². The second-order valence-electron chi connectivity index (χ2n) is 5.29. The van der Waals surface area contributed by atoms with E-state index in [1.54, 1.807) is 6.92 Å². The van der Waals surface area contributed by atoms with E-state index in [0.717, 1.165) is 38.8 Å². The van der Waals surface area contributed by atoms with Crippen LogP contribution in [0.1, 0.15) is 35.9 Å². The van der Waals surface area contributed by atoms with Crippen molar-refractivity contribution < 1.29 is 4.79 Å². The van der Waals surface area contributed by atoms with Gasteiger partial charge in [0.1, 0.15) is 16.8 Å². The molecule has 5 nitrogen and oxygen atoms in total. The molecule has 0 amide bonds. The molecule has 1 atom stereocenters. The van der Waals surface area contributed by atoms with Crippen molar-refractivity contribution in [2.75, 3.05) is 31.6 Å². The van der Waals surface area contributed by atoms with Gasteiger partial charge in [-0.25, -0.2) is 9.97 Å². The Kier molecular flexibility index (Phi) is 4.94. The first kappa shape index (κ1) is 15.2. The van der Waals surface area contributed by atoms with Crippen molar-refractivity contribution in [3.8, 4) is 0 Å². The molecule has 2 rings (SSSR count). The Morgan fingerprint density at radius 2 is 2.15 bits per heavy atom. The van der Waals surface area contributed by atoms with Crippen LogP contribution in [0.4, 0.5) is 5.82 Å². The van der Waals surface area contributed by atoms with Gasteiger partial charge in [-0.2, -0.15) is 0 Å². The molecule has 0 saturated carbocycles. The number of halogens is 1. The van der Waals surface area contributed by atoms with Gasteiger partial charge >= 0.3 is 0 Å². The number of nitrogens with zero attached hydrogens (tertiary/aromatic N) is 4. The number of aldehydes is 1. The summed E-state index contributed by atoms with van der Waals surface area (Å²) in [5, 5.41) is 0.245. The fourth-order valence-electron chi connectivity index (χ4n) is 2.72. The highest BCUT2D eigenvalue weighted by Crippen LogP contribution is 2.26. The molecular weight excluding hydrogens is 276 g/mol. The smallest absolute Gasteiger partial charge is 0.156 e. The zero-order valence-corrected chi connectivity index (χ0v) is 13.0. The van der Waals surface area contributed by atoms with Crippen LogP contribution in [0.2, 0.25) is 5.15 Å². The summed E-state index contributed by atoms with van der Waals surface area (Å²) in [5.41, 5.74) is 0.403. The molecule has 1 aromatic heterocycles. The van der Waals surface area contributed by atoms with Crippen LogP contribution in [0.25, 0.3) is 0 Å². The Labute approximate surface area is 124 Å². The lowest BCUT2D eigenvalue weighted by Crippen LogP contribution is -2.41. The van der Waals surface area contributed by atoms with Gasteiger partial charge in [-0.15, -0.1) is 0 Å². The van der Waals surface area contributed by atoms with Crippen molar-refractivity contribution >= 4 is 23.7 Å². The summed E-state index contributed by atoms with van der Waals surface area (Å²) in [6.45, 7) is 6.87. The molecule has 0 aromatic carbocycles. The number of hydrogen-bond acceptors (Lipinski definition) is 5. The molecule has 1 fully saturated rings. The Morgan fingerprint density at radius 1 is 1.40 bits per heavy atom. The minimum atomic E-state index is 0.245. The summed E-state index contributed by atoms with van der Waals surface area (Å²) in [7, 11) is 2.13. The predicted molar refractivity (Wildman–Crippen MR) is 80.7 cm³/mol. The fraction of sp³-hybridized carbons (Fsp3) is 0.643. The van der Waals surface area contributed by atoms with Crippen LogP contribution in [0.3, 0.4) is 0 Å². The maximum atomic E-state index is 11.3. The normalized spacial score (nSPS) is 20.8. The lowest BCUT2D eigenvalue weighted by atomic mass is 10.1. The second kappa shape index (κ2) is 6.50. The van der Waals surface area contributed by atoms with Gasteiger partial charge in [-0.3, -0.25) is 4.79 Å². The molecule has 0 radical (unpaired) electrons. The SMILES string of the molecule is CCC1CN(C)CCCN1c1nc(C)nc(Cl)c1C=O. The molecule has 2 heterocycles. The summed E-state index contributed by atoms with van der Waals surface area (Å²) in [6, 6.07) is 0.339. The largest absolute Gasteiger partial charge is 0.352 e. The van der Waals surface area contributed by atoms with Gasteiger partial charge in [0.2, 0.25) is 0 Å². The molecule has 1 aliphatic rings. The van der Waals surface area contributed by atoms with Crippen LogP contribution >= 0.6 is 11.6 Å². The summed E-state index contributed by atoms with van der Waals surface area (Å²) in [5.74, 6) is 1.28. The van der Waals surface area contributed by atoms with Gasteiger partial charge in [0.15, 0.2) is 6.29 Å². The molecule has 1 unspecified atom stereocenters. The molecular formula is C14H21ClN4O. The summed E-state index contributed by atoms with van der Waals surface area (Å²) in [4.78, 5) is 24.4. The van der Waals surface area contributed by atoms with E-state index in [4.69, 9.17) is 11.6 Å². The first-order valence-electron chi connectivity index (χ1n) is 7.01. The van der Waals surface area contributed by atoms with Gasteiger partial charge < -0.3 is 9.80 Å². The Balaban J connectivity index is 2.44. The second-order valence-corrected chi connectivity index (χ2v) is 5.65. The molecule has 0 bridgehead atoms. The molecule has 20 heavy (non-hydrogen) atoms. The van der Waals surface area contributed by atoms with Gasteiger partial charge in [-0.05, 0) is 33.4 Å². The van der Waals surface area contributed by atoms with E-state index in [1.165, 1.54) is 0 Å². The summed E-state index contributed by atoms with van der Waals surface area (Å²) < 4.78 is 0. The Bertz CT molecular complexity index is 494. The van der Waals surface area contributed by atoms with Gasteiger partial charge in [0.05, 0.1) is 5.56 Å². The lowest BCUT2D eigenvalue weighted by molar-refractivity contribution is 0.112. The van der Waals surface area contributed by atoms with Crippen LogP contribution < -0.4 is 4.90 Å². The number of aromatic nitrogens is 2. The van der Waals surface area contributed by atoms with E-state index in [2.05, 4.69) is 33.7 Å². The standard InChI is InChI=1S/C14H21ClN4O/c1-4-11-8-18(3)6-5-7-19(11)14-12(9-20)13(15)16-10(2)17-14/h9,11H,4-8H2,1-3H3. The zero-order valence-electron chi connectivity index (χ0n) is 12.3. The van der Waals surface area contributed by atoms with E-state index in [-0.39, 0.29) is 5.15 Å². The lowest BCUT2D eigenvalue weighted by Gasteiger charge is -2.32. The average molecular weight is 297 g/mol. The predicted octanol–water partition coefficient (Wildman–Crippen LogP) is 2.17. The van der Waals surface area contributed by atoms with Crippen molar-refractivity contribution in [2.24, 2.45) is 0 Å². The highest BCUT2D eigenvalue weighted by atomic mass is 35.5. The number of aryl methyl sites for hydroxylation is 1. The molecule has 1 aliphatic heterocycles. The van der Waals surface area contributed by atoms with E-state index in [1.807, 2.05) is 0 Å². The van der Waals surface area contributed by atoms with Gasteiger partial charge in [0.25, 0.3) is 0 Å². The van der Waals surface area contributed by atoms with Crippen molar-refractivity contribution in [1.82, 2.24) is 14.9 Å². The summed E-state index contributed by atoms with van der Waals surface area (Å²) >= 11 is 6.09. The highest BCUT2D eigenvalue weighted by molar-refractivity contribution is 6.32. The number of anilines is 1. The van der Waals surface area contributed by atoms with Crippen LogP contribution in [0.5, 0.6) is 0 Å². The number of rotatable bonds is 3. The van der Waals surface area contributed by atoms with E-state index >= 15 is 0 Å². The minimum absolute atomic E-state index is 0.245. The minimum Gasteiger partial charge on any atom is -0.352 e. The first-order valence-corrected chi connectivity index (χ1v) is 7.39. The highest BCUT2D eigenvalue weighted by Gasteiger charge is 2.26. The number of likely N-dealkylation sites (N-methyl/N-ethyl adjacent to an activating group) is 1. The molecule has 110 valence electrons. The maximum absolute atomic E-state index is 11.3. The average Bonchev–Trinajstić information content (AvgIpc) is 2.59. The maximum Gasteiger partial charge on any atom is 0.156 e. The third kappa shape index (κ3) is 3.10. The van der Waals surface area contributed by atoms with Crippen LogP contribution in [0.15, 0.2) is 0 Å². The quantitative estimate of drug-likeness (QED) is 0.632. The van der Waals surface area contributed by atoms with Crippen LogP contribution in [-0.2, 0) is 0 Å². The molecule has 0 aliphatic carbocycles. The monoisotopic (exact) mass is 296 g/mol. The zero-order chi connectivity index (χ0) is 14.7. The number of hydrogen-bond donors (Lipinski definition) is 0. The molecule has 6 heteroatoms. The number of carbonyl (C=O) groups is 1. The third-order valence-corrected chi connectivity index (χ3v) is 4.04. The third-order valence-electron chi connectivity index (χ3n) is 3.75. The molecule has 0 spiro atoms. The van der Waals surface area contributed by atoms with Crippen molar-refractivity contribution in [3.63, 3.8) is 0 Å². The van der Waals surface area contributed by atoms with E-state index in [0.29, 0.717) is 23.2 Å². The first-order chi connectivity index (χ1) is 9.56. The van der Waals surface area contributed by atoms with Crippen molar-refractivity contribution in [1.29, 1.82) is 0 Å². The van der Waals surface area contributed by atoms with E-state index in [9.17, 15) is 4.79 Å². The molecule has 1 aromatic rings.